The van der Waals surface area contributed by atoms with Crippen LogP contribution in [0.2, 0.25) is 0 Å². The Balaban J connectivity index is 1.15. The van der Waals surface area contributed by atoms with E-state index >= 15 is 0 Å². The molecule has 0 N–H and O–H groups in total. The van der Waals surface area contributed by atoms with Gasteiger partial charge in [0.15, 0.2) is 11.3 Å². The quantitative estimate of drug-likeness (QED) is 0.127. The summed E-state index contributed by atoms with van der Waals surface area (Å²) < 4.78 is 5.20. The summed E-state index contributed by atoms with van der Waals surface area (Å²) in [5.74, 6) is 0.216. The van der Waals surface area contributed by atoms with E-state index in [1.54, 1.807) is 0 Å². The summed E-state index contributed by atoms with van der Waals surface area (Å²) in [4.78, 5) is 5.02. The van der Waals surface area contributed by atoms with E-state index in [0.29, 0.717) is 0 Å². The summed E-state index contributed by atoms with van der Waals surface area (Å²) in [7, 11) is 0. The molecule has 0 amide bonds. The molecule has 2 aliphatic rings. The summed E-state index contributed by atoms with van der Waals surface area (Å²) in [6.07, 6.45) is 19.4. The average molecular weight is 899 g/mol. The Labute approximate surface area is 408 Å². The molecule has 0 radical (unpaired) electrons. The minimum Gasteiger partial charge on any atom is -0.311 e. The SMILES string of the molecule is C1=CC(N(c2ccccc2)c2ccccc2)(n2c3ccccc3c3cc4c5ccccc5n(C5(N(c6ccccc6)c6ccccc6)C=CC(c6ccccc6)C=C5)c4cc32)C=CC1c1ccccc1. The number of anilines is 4. The van der Waals surface area contributed by atoms with Gasteiger partial charge >= 0.3 is 0 Å². The van der Waals surface area contributed by atoms with Gasteiger partial charge in [0.05, 0.1) is 22.1 Å². The first-order chi connectivity index (χ1) is 34.7. The Morgan fingerprint density at radius 2 is 0.557 bits per heavy atom. The van der Waals surface area contributed by atoms with Gasteiger partial charge in [0.2, 0.25) is 0 Å². The largest absolute Gasteiger partial charge is 0.311 e. The first kappa shape index (κ1) is 41.3. The molecular formula is C66H50N4. The molecule has 11 aromatic rings. The zero-order valence-electron chi connectivity index (χ0n) is 38.7. The summed E-state index contributed by atoms with van der Waals surface area (Å²) in [5, 5.41) is 4.82. The maximum absolute atomic E-state index is 2.60. The van der Waals surface area contributed by atoms with Crippen LogP contribution in [0.3, 0.4) is 0 Å². The van der Waals surface area contributed by atoms with Crippen LogP contribution in [0.5, 0.6) is 0 Å². The molecule has 0 atom stereocenters. The summed E-state index contributed by atoms with van der Waals surface area (Å²) >= 11 is 0. The maximum Gasteiger partial charge on any atom is 0.160 e. The van der Waals surface area contributed by atoms with Crippen LogP contribution in [0.15, 0.2) is 291 Å². The number of hydrogen-bond donors (Lipinski definition) is 0. The number of benzene rings is 9. The van der Waals surface area contributed by atoms with Gasteiger partial charge in [0.1, 0.15) is 0 Å². The highest BCUT2D eigenvalue weighted by molar-refractivity contribution is 6.18. The maximum atomic E-state index is 2.60. The van der Waals surface area contributed by atoms with Crippen molar-refractivity contribution in [2.75, 3.05) is 9.80 Å². The molecule has 334 valence electrons. The fraction of sp³-hybridized carbons (Fsp3) is 0.0606. The fourth-order valence-electron chi connectivity index (χ4n) is 11.4. The second-order valence-electron chi connectivity index (χ2n) is 18.5. The molecule has 0 bridgehead atoms. The molecule has 4 nitrogen and oxygen atoms in total. The van der Waals surface area contributed by atoms with Crippen LogP contribution in [0.1, 0.15) is 23.0 Å². The van der Waals surface area contributed by atoms with E-state index in [1.807, 2.05) is 0 Å². The summed E-state index contributed by atoms with van der Waals surface area (Å²) in [6.45, 7) is 0. The number of rotatable bonds is 10. The third kappa shape index (κ3) is 6.67. The van der Waals surface area contributed by atoms with E-state index < -0.39 is 11.3 Å². The van der Waals surface area contributed by atoms with Crippen LogP contribution >= 0.6 is 0 Å². The molecule has 4 heteroatoms. The predicted octanol–water partition coefficient (Wildman–Crippen LogP) is 16.7. The van der Waals surface area contributed by atoms with E-state index in [9.17, 15) is 0 Å². The monoisotopic (exact) mass is 898 g/mol. The zero-order chi connectivity index (χ0) is 46.5. The van der Waals surface area contributed by atoms with Crippen LogP contribution in [0, 0.1) is 0 Å². The molecule has 0 saturated heterocycles. The minimum absolute atomic E-state index is 0.108. The Kier molecular flexibility index (Phi) is 10.1. The predicted molar refractivity (Wildman–Crippen MR) is 293 cm³/mol. The van der Waals surface area contributed by atoms with Crippen molar-refractivity contribution in [2.24, 2.45) is 0 Å². The van der Waals surface area contributed by atoms with Crippen molar-refractivity contribution in [3.05, 3.63) is 302 Å². The van der Waals surface area contributed by atoms with Gasteiger partial charge in [-0.25, -0.2) is 0 Å². The summed E-state index contributed by atoms with van der Waals surface area (Å²) in [5.41, 5.74) is 9.80. The summed E-state index contributed by atoms with van der Waals surface area (Å²) in [6, 6.07) is 88.1. The highest BCUT2D eigenvalue weighted by Gasteiger charge is 2.42. The topological polar surface area (TPSA) is 16.3 Å². The second-order valence-corrected chi connectivity index (χ2v) is 18.5. The van der Waals surface area contributed by atoms with Crippen LogP contribution < -0.4 is 9.80 Å². The normalized spacial score (nSPS) is 19.6. The number of nitrogens with zero attached hydrogens (tertiary/aromatic N) is 4. The molecule has 0 saturated carbocycles. The lowest BCUT2D eigenvalue weighted by Crippen LogP contribution is -2.47. The van der Waals surface area contributed by atoms with Crippen LogP contribution in [0.25, 0.3) is 43.6 Å². The Bertz CT molecular complexity index is 3420. The van der Waals surface area contributed by atoms with Gasteiger partial charge in [-0.3, -0.25) is 0 Å². The minimum atomic E-state index is -0.828. The molecule has 0 fully saturated rings. The molecule has 2 aromatic heterocycles. The lowest BCUT2D eigenvalue weighted by Gasteiger charge is -2.46. The van der Waals surface area contributed by atoms with E-state index in [0.717, 1.165) is 44.8 Å². The fourth-order valence-corrected chi connectivity index (χ4v) is 11.4. The first-order valence-corrected chi connectivity index (χ1v) is 24.4. The molecule has 13 rings (SSSR count). The third-order valence-electron chi connectivity index (χ3n) is 14.5. The highest BCUT2D eigenvalue weighted by atomic mass is 15.4. The van der Waals surface area contributed by atoms with E-state index in [-0.39, 0.29) is 11.8 Å². The number of hydrogen-bond acceptors (Lipinski definition) is 2. The van der Waals surface area contributed by atoms with Gasteiger partial charge < -0.3 is 18.9 Å². The van der Waals surface area contributed by atoms with Crippen molar-refractivity contribution < 1.29 is 0 Å². The molecule has 0 unspecified atom stereocenters. The van der Waals surface area contributed by atoms with Crippen LogP contribution in [0.4, 0.5) is 22.7 Å². The van der Waals surface area contributed by atoms with E-state index in [2.05, 4.69) is 310 Å². The van der Waals surface area contributed by atoms with E-state index in [1.165, 1.54) is 32.7 Å². The number of aromatic nitrogens is 2. The van der Waals surface area contributed by atoms with Gasteiger partial charge in [0.25, 0.3) is 0 Å². The molecule has 9 aromatic carbocycles. The number of fused-ring (bicyclic) bond motifs is 6. The lowest BCUT2D eigenvalue weighted by molar-refractivity contribution is 0.492. The van der Waals surface area contributed by atoms with Crippen molar-refractivity contribution in [2.45, 2.75) is 23.2 Å². The van der Waals surface area contributed by atoms with Gasteiger partial charge in [-0.05, 0) is 108 Å². The van der Waals surface area contributed by atoms with Crippen molar-refractivity contribution in [3.63, 3.8) is 0 Å². The first-order valence-electron chi connectivity index (χ1n) is 24.4. The smallest absolute Gasteiger partial charge is 0.160 e. The van der Waals surface area contributed by atoms with Crippen LogP contribution in [-0.2, 0) is 11.3 Å². The zero-order valence-corrected chi connectivity index (χ0v) is 38.7. The van der Waals surface area contributed by atoms with E-state index in [4.69, 9.17) is 0 Å². The van der Waals surface area contributed by atoms with Crippen molar-refractivity contribution >= 4 is 66.4 Å². The second kappa shape index (κ2) is 17.0. The van der Waals surface area contributed by atoms with Crippen molar-refractivity contribution in [1.29, 1.82) is 0 Å². The number of allylic oxidation sites excluding steroid dienone is 4. The standard InChI is InChI=1S/C66H50N4/c1-7-23-49(24-8-1)51-39-43-65(44-40-51,67(53-27-11-3-12-28-53)54-29-13-4-14-30-54)69-61-37-21-19-35-57(61)59-47-60-58-36-20-22-38-62(58)70(64(60)48-63(59)69)66(45-41-52(42-46-66)50-25-9-2-10-26-50)68(55-31-15-5-16-32-55)56-33-17-6-18-34-56/h1-48,51-52H. The third-order valence-corrected chi connectivity index (χ3v) is 14.5. The van der Waals surface area contributed by atoms with Crippen molar-refractivity contribution in [3.8, 4) is 0 Å². The Morgan fingerprint density at radius 3 is 0.886 bits per heavy atom. The van der Waals surface area contributed by atoms with Crippen molar-refractivity contribution in [1.82, 2.24) is 9.13 Å². The average Bonchev–Trinajstić information content (AvgIpc) is 3.95. The Hall–Kier alpha value is -8.86. The molecular weight excluding hydrogens is 849 g/mol. The number of para-hydroxylation sites is 6. The molecule has 2 aliphatic carbocycles. The molecule has 0 spiro atoms. The van der Waals surface area contributed by atoms with Gasteiger partial charge in [0, 0.05) is 56.1 Å². The lowest BCUT2D eigenvalue weighted by atomic mass is 9.88. The highest BCUT2D eigenvalue weighted by Crippen LogP contribution is 2.50. The van der Waals surface area contributed by atoms with Gasteiger partial charge in [-0.1, -0.05) is 194 Å². The molecule has 2 heterocycles. The molecule has 0 aliphatic heterocycles. The van der Waals surface area contributed by atoms with Crippen LogP contribution in [-0.4, -0.2) is 9.13 Å². The van der Waals surface area contributed by atoms with Gasteiger partial charge in [-0.15, -0.1) is 0 Å². The molecule has 70 heavy (non-hydrogen) atoms. The Morgan fingerprint density at radius 1 is 0.271 bits per heavy atom. The van der Waals surface area contributed by atoms with Gasteiger partial charge in [-0.2, -0.15) is 0 Å².